The zero-order chi connectivity index (χ0) is 22.3. The normalized spacial score (nSPS) is 41.6. The maximum Gasteiger partial charge on any atom is 0.255 e. The molecule has 7 nitrogen and oxygen atoms in total. The first-order valence-corrected chi connectivity index (χ1v) is 12.9. The van der Waals surface area contributed by atoms with Crippen LogP contribution in [0.15, 0.2) is 18.5 Å². The molecule has 8 rings (SSSR count). The number of aromatic amines is 1. The van der Waals surface area contributed by atoms with E-state index in [1.54, 1.807) is 6.20 Å². The van der Waals surface area contributed by atoms with E-state index in [2.05, 4.69) is 32.5 Å². The second-order valence-electron chi connectivity index (χ2n) is 11.8. The van der Waals surface area contributed by atoms with Gasteiger partial charge in [0.2, 0.25) is 0 Å². The summed E-state index contributed by atoms with van der Waals surface area (Å²) in [5, 5.41) is 19.2. The molecule has 176 valence electrons. The molecule has 2 saturated heterocycles. The third-order valence-corrected chi connectivity index (χ3v) is 9.82. The number of hydrogen-bond acceptors (Lipinski definition) is 5. The first-order valence-electron chi connectivity index (χ1n) is 12.9. The monoisotopic (exact) mass is 449 g/mol. The molecule has 33 heavy (non-hydrogen) atoms. The number of fused-ring (bicyclic) bond motifs is 3. The van der Waals surface area contributed by atoms with Crippen molar-refractivity contribution in [2.45, 2.75) is 87.6 Å². The topological polar surface area (TPSA) is 93.3 Å². The van der Waals surface area contributed by atoms with Crippen LogP contribution in [0.25, 0.3) is 11.0 Å². The van der Waals surface area contributed by atoms with Gasteiger partial charge in [-0.15, -0.1) is 0 Å². The van der Waals surface area contributed by atoms with Crippen molar-refractivity contribution in [1.29, 1.82) is 0 Å². The lowest BCUT2D eigenvalue weighted by molar-refractivity contribution is -0.129. The number of nitrogens with one attached hydrogen (secondary N) is 3. The molecule has 2 aromatic heterocycles. The Morgan fingerprint density at radius 1 is 1.15 bits per heavy atom. The number of carbonyl (C=O) groups excluding carboxylic acids is 1. The van der Waals surface area contributed by atoms with Crippen LogP contribution in [0.4, 0.5) is 5.69 Å². The first kappa shape index (κ1) is 20.3. The second kappa shape index (κ2) is 7.19. The summed E-state index contributed by atoms with van der Waals surface area (Å²) in [6.45, 7) is 0. The Morgan fingerprint density at radius 3 is 2.58 bits per heavy atom. The largest absolute Gasteiger partial charge is 0.390 e. The van der Waals surface area contributed by atoms with Gasteiger partial charge in [0.25, 0.3) is 5.91 Å². The Labute approximate surface area is 194 Å². The van der Waals surface area contributed by atoms with Crippen molar-refractivity contribution in [3.63, 3.8) is 0 Å². The lowest BCUT2D eigenvalue weighted by atomic mass is 9.52. The number of nitrogens with zero attached hydrogens (tertiary/aromatic N) is 2. The minimum Gasteiger partial charge on any atom is -0.390 e. The average molecular weight is 450 g/mol. The molecule has 6 bridgehead atoms. The number of carbonyl (C=O) groups is 1. The number of aliphatic hydroxyl groups is 1. The Morgan fingerprint density at radius 2 is 1.88 bits per heavy atom. The van der Waals surface area contributed by atoms with E-state index in [0.717, 1.165) is 48.8 Å². The van der Waals surface area contributed by atoms with Gasteiger partial charge in [0.1, 0.15) is 5.65 Å². The van der Waals surface area contributed by atoms with Gasteiger partial charge in [0, 0.05) is 41.9 Å². The Hall–Kier alpha value is -2.12. The number of rotatable bonds is 4. The number of pyridine rings is 1. The molecule has 0 radical (unpaired) electrons. The van der Waals surface area contributed by atoms with Crippen molar-refractivity contribution in [3.05, 3.63) is 24.0 Å². The quantitative estimate of drug-likeness (QED) is 0.575. The van der Waals surface area contributed by atoms with Crippen LogP contribution in [0, 0.1) is 17.8 Å². The van der Waals surface area contributed by atoms with E-state index in [9.17, 15) is 9.90 Å². The lowest BCUT2D eigenvalue weighted by Gasteiger charge is -2.58. The Balaban J connectivity index is 1.17. The highest BCUT2D eigenvalue weighted by Gasteiger charge is 2.55. The minimum absolute atomic E-state index is 0.00972. The van der Waals surface area contributed by atoms with Crippen LogP contribution in [-0.4, -0.2) is 62.7 Å². The summed E-state index contributed by atoms with van der Waals surface area (Å²) >= 11 is 0. The fourth-order valence-corrected chi connectivity index (χ4v) is 8.51. The first-order chi connectivity index (χ1) is 16.0. The van der Waals surface area contributed by atoms with Crippen molar-refractivity contribution in [2.24, 2.45) is 17.8 Å². The number of anilines is 1. The molecule has 0 spiro atoms. The van der Waals surface area contributed by atoms with Gasteiger partial charge in [-0.05, 0) is 88.7 Å². The lowest BCUT2D eigenvalue weighted by Crippen LogP contribution is -2.59. The highest BCUT2D eigenvalue weighted by atomic mass is 16.3. The van der Waals surface area contributed by atoms with Gasteiger partial charge in [-0.1, -0.05) is 0 Å². The predicted octanol–water partition coefficient (Wildman–Crippen LogP) is 3.27. The van der Waals surface area contributed by atoms with Crippen LogP contribution in [-0.2, 0) is 0 Å². The van der Waals surface area contributed by atoms with Crippen molar-refractivity contribution in [1.82, 2.24) is 20.2 Å². The summed E-state index contributed by atoms with van der Waals surface area (Å²) in [5.74, 6) is 1.61. The summed E-state index contributed by atoms with van der Waals surface area (Å²) < 4.78 is 0. The summed E-state index contributed by atoms with van der Waals surface area (Å²) in [5.41, 5.74) is 1.93. The van der Waals surface area contributed by atoms with Crippen LogP contribution in [0.3, 0.4) is 0 Å². The molecule has 3 unspecified atom stereocenters. The van der Waals surface area contributed by atoms with Gasteiger partial charge in [-0.2, -0.15) is 0 Å². The van der Waals surface area contributed by atoms with E-state index in [4.69, 9.17) is 0 Å². The molecule has 1 amide bonds. The van der Waals surface area contributed by atoms with Crippen LogP contribution in [0.2, 0.25) is 0 Å². The van der Waals surface area contributed by atoms with E-state index in [0.29, 0.717) is 41.4 Å². The van der Waals surface area contributed by atoms with E-state index >= 15 is 0 Å². The zero-order valence-electron chi connectivity index (χ0n) is 19.4. The van der Waals surface area contributed by atoms with Crippen molar-refractivity contribution < 1.29 is 9.90 Å². The highest BCUT2D eigenvalue weighted by Crippen LogP contribution is 2.56. The summed E-state index contributed by atoms with van der Waals surface area (Å²) in [6.07, 6.45) is 13.3. The zero-order valence-corrected chi connectivity index (χ0v) is 19.4. The molecule has 6 fully saturated rings. The van der Waals surface area contributed by atoms with Gasteiger partial charge in [-0.3, -0.25) is 4.79 Å². The molecule has 5 atom stereocenters. The number of amides is 1. The van der Waals surface area contributed by atoms with Crippen LogP contribution in [0.5, 0.6) is 0 Å². The minimum atomic E-state index is -0.454. The van der Waals surface area contributed by atoms with Gasteiger partial charge < -0.3 is 25.6 Å². The van der Waals surface area contributed by atoms with Crippen molar-refractivity contribution >= 4 is 22.6 Å². The standard InChI is InChI=1S/C26H35N5O2/c1-31-18-2-3-19(31)9-17(8-18)29-25(32)21-13-28-24-20(4-5-27-24)23(21)30-22-15-6-14-7-16(22)12-26(33,10-14)11-15/h4-5,13-19,22,33H,2-3,6-12H2,1H3,(H,29,32)(H2,27,28,30)/t14?,15?,16?,17?,18-,19+,22-,26+. The van der Waals surface area contributed by atoms with Crippen molar-refractivity contribution in [3.8, 4) is 0 Å². The molecule has 0 aromatic carbocycles. The van der Waals surface area contributed by atoms with Gasteiger partial charge in [0.15, 0.2) is 0 Å². The number of H-pyrrole nitrogens is 1. The maximum atomic E-state index is 13.6. The molecular weight excluding hydrogens is 414 g/mol. The number of piperidine rings is 1. The van der Waals surface area contributed by atoms with E-state index in [1.165, 1.54) is 25.7 Å². The molecule has 7 heteroatoms. The van der Waals surface area contributed by atoms with Gasteiger partial charge in [0.05, 0.1) is 16.9 Å². The third-order valence-electron chi connectivity index (χ3n) is 9.82. The van der Waals surface area contributed by atoms with E-state index in [1.807, 2.05) is 12.3 Å². The Kier molecular flexibility index (Phi) is 4.42. The molecule has 4 aliphatic carbocycles. The van der Waals surface area contributed by atoms with Crippen LogP contribution in [0.1, 0.15) is 68.1 Å². The van der Waals surface area contributed by atoms with E-state index in [-0.39, 0.29) is 11.9 Å². The predicted molar refractivity (Wildman–Crippen MR) is 127 cm³/mol. The van der Waals surface area contributed by atoms with Crippen molar-refractivity contribution in [2.75, 3.05) is 12.4 Å². The SMILES string of the molecule is CN1[C@@H]2CC[C@H]1CC(NC(=O)c1cnc3[nH]ccc3c1N[C@H]1C3CC4CC1C[C@@](O)(C4)C3)C2. The maximum absolute atomic E-state index is 13.6. The summed E-state index contributed by atoms with van der Waals surface area (Å²) in [7, 11) is 2.23. The molecule has 4 heterocycles. The second-order valence-corrected chi connectivity index (χ2v) is 11.8. The van der Waals surface area contributed by atoms with E-state index < -0.39 is 5.60 Å². The van der Waals surface area contributed by atoms with Gasteiger partial charge in [-0.25, -0.2) is 4.98 Å². The third kappa shape index (κ3) is 3.22. The fraction of sp³-hybridized carbons (Fsp3) is 0.692. The molecular formula is C26H35N5O2. The van der Waals surface area contributed by atoms with Crippen LogP contribution >= 0.6 is 0 Å². The molecule has 6 aliphatic rings. The summed E-state index contributed by atoms with van der Waals surface area (Å²) in [4.78, 5) is 23.8. The average Bonchev–Trinajstić information content (AvgIpc) is 3.30. The van der Waals surface area contributed by atoms with Crippen LogP contribution < -0.4 is 10.6 Å². The molecule has 2 aromatic rings. The molecule has 4 saturated carbocycles. The molecule has 4 N–H and O–H groups in total. The number of hydrogen-bond donors (Lipinski definition) is 4. The highest BCUT2D eigenvalue weighted by molar-refractivity contribution is 6.06. The smallest absolute Gasteiger partial charge is 0.255 e. The fourth-order valence-electron chi connectivity index (χ4n) is 8.51. The number of aromatic nitrogens is 2. The molecule has 2 aliphatic heterocycles. The summed E-state index contributed by atoms with van der Waals surface area (Å²) in [6, 6.07) is 3.76. The Bertz CT molecular complexity index is 1070. The van der Waals surface area contributed by atoms with Gasteiger partial charge >= 0.3 is 0 Å².